The molecule has 9 heteroatoms. The van der Waals surface area contributed by atoms with Gasteiger partial charge in [-0.05, 0) is 30.0 Å². The van der Waals surface area contributed by atoms with E-state index in [1.807, 2.05) is 4.90 Å². The number of hydrogen-bond acceptors (Lipinski definition) is 5. The Morgan fingerprint density at radius 2 is 1.84 bits per heavy atom. The van der Waals surface area contributed by atoms with Crippen molar-refractivity contribution >= 4 is 28.3 Å². The zero-order valence-electron chi connectivity index (χ0n) is 14.6. The summed E-state index contributed by atoms with van der Waals surface area (Å²) in [6, 6.07) is 4.59. The molecule has 0 bridgehead atoms. The van der Waals surface area contributed by atoms with Crippen molar-refractivity contribution in [3.05, 3.63) is 23.8 Å². The smallest absolute Gasteiger partial charge is 0.253 e. The average molecular weight is 390 g/mol. The van der Waals surface area contributed by atoms with Gasteiger partial charge < -0.3 is 15.0 Å². The topological polar surface area (TPSA) is 79.0 Å². The molecule has 140 valence electrons. The number of benzene rings is 1. The van der Waals surface area contributed by atoms with Crippen molar-refractivity contribution in [1.29, 1.82) is 0 Å². The quantitative estimate of drug-likeness (QED) is 0.818. The number of hydrogen-bond donors (Lipinski definition) is 1. The fourth-order valence-corrected chi connectivity index (χ4v) is 4.49. The lowest BCUT2D eigenvalue weighted by atomic mass is 10.0. The normalized spacial score (nSPS) is 22.6. The van der Waals surface area contributed by atoms with Gasteiger partial charge in [-0.15, -0.1) is 12.4 Å². The number of rotatable bonds is 4. The van der Waals surface area contributed by atoms with Crippen LogP contribution in [0.1, 0.15) is 10.4 Å². The first kappa shape index (κ1) is 20.0. The number of methoxy groups -OCH3 is 1. The van der Waals surface area contributed by atoms with Crippen molar-refractivity contribution in [3.63, 3.8) is 0 Å². The molecule has 0 aromatic heterocycles. The van der Waals surface area contributed by atoms with Gasteiger partial charge in [0.05, 0.1) is 7.11 Å². The van der Waals surface area contributed by atoms with Crippen molar-refractivity contribution in [2.75, 3.05) is 47.4 Å². The van der Waals surface area contributed by atoms with Crippen LogP contribution in [0.25, 0.3) is 0 Å². The number of sulfonamides is 1. The van der Waals surface area contributed by atoms with Gasteiger partial charge in [0, 0.05) is 45.8 Å². The van der Waals surface area contributed by atoms with Gasteiger partial charge in [-0.25, -0.2) is 12.7 Å². The van der Waals surface area contributed by atoms with E-state index >= 15 is 0 Å². The van der Waals surface area contributed by atoms with E-state index in [1.54, 1.807) is 12.1 Å². The Kier molecular flexibility index (Phi) is 5.98. The number of amides is 1. The van der Waals surface area contributed by atoms with E-state index in [9.17, 15) is 13.2 Å². The third-order valence-electron chi connectivity index (χ3n) is 4.85. The Labute approximate surface area is 154 Å². The first-order chi connectivity index (χ1) is 11.3. The maximum Gasteiger partial charge on any atom is 0.253 e. The summed E-state index contributed by atoms with van der Waals surface area (Å²) in [5.74, 6) is 1.11. The molecule has 1 aromatic rings. The van der Waals surface area contributed by atoms with Crippen LogP contribution in [0.2, 0.25) is 0 Å². The summed E-state index contributed by atoms with van der Waals surface area (Å²) in [4.78, 5) is 14.6. The Morgan fingerprint density at radius 1 is 1.24 bits per heavy atom. The van der Waals surface area contributed by atoms with Crippen LogP contribution in [-0.2, 0) is 10.0 Å². The minimum absolute atomic E-state index is 0. The van der Waals surface area contributed by atoms with Gasteiger partial charge in [-0.1, -0.05) is 0 Å². The highest BCUT2D eigenvalue weighted by Crippen LogP contribution is 2.30. The number of nitrogens with one attached hydrogen (secondary N) is 1. The molecule has 25 heavy (non-hydrogen) atoms. The lowest BCUT2D eigenvalue weighted by Gasteiger charge is -2.19. The Hall–Kier alpha value is -1.35. The lowest BCUT2D eigenvalue weighted by molar-refractivity contribution is 0.0781. The predicted molar refractivity (Wildman–Crippen MR) is 96.9 cm³/mol. The summed E-state index contributed by atoms with van der Waals surface area (Å²) in [7, 11) is 0.643. The molecule has 0 spiro atoms. The third-order valence-corrected chi connectivity index (χ3v) is 6.68. The second-order valence-corrected chi connectivity index (χ2v) is 8.66. The summed E-state index contributed by atoms with van der Waals surface area (Å²) < 4.78 is 31.2. The number of likely N-dealkylation sites (tertiary alicyclic amines) is 1. The van der Waals surface area contributed by atoms with Gasteiger partial charge in [0.25, 0.3) is 5.91 Å². The molecular formula is C16H24ClN3O4S. The number of halogens is 1. The van der Waals surface area contributed by atoms with Gasteiger partial charge >= 0.3 is 0 Å². The monoisotopic (exact) mass is 389 g/mol. The van der Waals surface area contributed by atoms with Gasteiger partial charge in [-0.2, -0.15) is 0 Å². The molecule has 0 unspecified atom stereocenters. The number of ether oxygens (including phenoxy) is 1. The summed E-state index contributed by atoms with van der Waals surface area (Å²) >= 11 is 0. The predicted octanol–water partition coefficient (Wildman–Crippen LogP) is 0.659. The van der Waals surface area contributed by atoms with Crippen LogP contribution in [0, 0.1) is 11.8 Å². The molecule has 3 rings (SSSR count). The zero-order chi connectivity index (χ0) is 17.5. The highest BCUT2D eigenvalue weighted by atomic mass is 35.5. The van der Waals surface area contributed by atoms with E-state index in [-0.39, 0.29) is 29.0 Å². The van der Waals surface area contributed by atoms with Gasteiger partial charge in [0.15, 0.2) is 0 Å². The highest BCUT2D eigenvalue weighted by Gasteiger charge is 2.38. The van der Waals surface area contributed by atoms with E-state index in [2.05, 4.69) is 5.32 Å². The SMILES string of the molecule is COc1ccc(C(=O)N2C[C@H]3CNC[C@H]3C2)cc1S(=O)(=O)N(C)C.Cl. The number of fused-ring (bicyclic) bond motifs is 1. The summed E-state index contributed by atoms with van der Waals surface area (Å²) in [5.41, 5.74) is 0.379. The van der Waals surface area contributed by atoms with Crippen LogP contribution in [-0.4, -0.2) is 70.9 Å². The largest absolute Gasteiger partial charge is 0.495 e. The van der Waals surface area contributed by atoms with Crippen molar-refractivity contribution in [2.45, 2.75) is 4.90 Å². The summed E-state index contributed by atoms with van der Waals surface area (Å²) in [6.45, 7) is 3.32. The van der Waals surface area contributed by atoms with E-state index in [0.717, 1.165) is 30.5 Å². The number of carbonyl (C=O) groups excluding carboxylic acids is 1. The molecule has 2 saturated heterocycles. The van der Waals surface area contributed by atoms with Gasteiger partial charge in [-0.3, -0.25) is 4.79 Å². The lowest BCUT2D eigenvalue weighted by Crippen LogP contribution is -2.32. The van der Waals surface area contributed by atoms with Crippen LogP contribution in [0.4, 0.5) is 0 Å². The van der Waals surface area contributed by atoms with Crippen LogP contribution >= 0.6 is 12.4 Å². The first-order valence-corrected chi connectivity index (χ1v) is 9.39. The molecule has 1 aromatic carbocycles. The zero-order valence-corrected chi connectivity index (χ0v) is 16.2. The molecule has 0 saturated carbocycles. The molecule has 1 N–H and O–H groups in total. The molecule has 2 aliphatic heterocycles. The number of carbonyl (C=O) groups is 1. The molecular weight excluding hydrogens is 366 g/mol. The summed E-state index contributed by atoms with van der Waals surface area (Å²) in [6.07, 6.45) is 0. The van der Waals surface area contributed by atoms with Crippen LogP contribution in [0.15, 0.2) is 23.1 Å². The average Bonchev–Trinajstić information content (AvgIpc) is 3.15. The molecule has 7 nitrogen and oxygen atoms in total. The maximum atomic E-state index is 12.8. The Bertz CT molecular complexity index is 742. The second-order valence-electron chi connectivity index (χ2n) is 6.54. The van der Waals surface area contributed by atoms with Crippen molar-refractivity contribution < 1.29 is 17.9 Å². The molecule has 2 heterocycles. The van der Waals surface area contributed by atoms with Crippen molar-refractivity contribution in [1.82, 2.24) is 14.5 Å². The number of nitrogens with zero attached hydrogens (tertiary/aromatic N) is 2. The minimum atomic E-state index is -3.69. The first-order valence-electron chi connectivity index (χ1n) is 7.95. The van der Waals surface area contributed by atoms with Crippen molar-refractivity contribution in [2.24, 2.45) is 11.8 Å². The molecule has 2 atom stereocenters. The van der Waals surface area contributed by atoms with Crippen molar-refractivity contribution in [3.8, 4) is 5.75 Å². The van der Waals surface area contributed by atoms with Gasteiger partial charge in [0.2, 0.25) is 10.0 Å². The van der Waals surface area contributed by atoms with Crippen LogP contribution in [0.3, 0.4) is 0 Å². The fraction of sp³-hybridized carbons (Fsp3) is 0.562. The maximum absolute atomic E-state index is 12.8. The fourth-order valence-electron chi connectivity index (χ4n) is 3.41. The minimum Gasteiger partial charge on any atom is -0.495 e. The Balaban J connectivity index is 0.00000225. The van der Waals surface area contributed by atoms with E-state index in [4.69, 9.17) is 4.74 Å². The standard InChI is InChI=1S/C16H23N3O4S.ClH/c1-18(2)24(21,22)15-6-11(4-5-14(15)23-3)16(20)19-9-12-7-17-8-13(12)10-19;/h4-6,12-13,17H,7-10H2,1-3H3;1H/t12-,13+;. The Morgan fingerprint density at radius 3 is 2.36 bits per heavy atom. The molecule has 0 radical (unpaired) electrons. The van der Waals surface area contributed by atoms with Crippen LogP contribution in [0.5, 0.6) is 5.75 Å². The van der Waals surface area contributed by atoms with Gasteiger partial charge in [0.1, 0.15) is 10.6 Å². The molecule has 2 fully saturated rings. The molecule has 2 aliphatic rings. The van der Waals surface area contributed by atoms with E-state index in [0.29, 0.717) is 17.4 Å². The highest BCUT2D eigenvalue weighted by molar-refractivity contribution is 7.89. The molecule has 1 amide bonds. The van der Waals surface area contributed by atoms with E-state index in [1.165, 1.54) is 27.3 Å². The third kappa shape index (κ3) is 3.62. The van der Waals surface area contributed by atoms with Crippen LogP contribution < -0.4 is 10.1 Å². The molecule has 0 aliphatic carbocycles. The summed E-state index contributed by atoms with van der Waals surface area (Å²) in [5, 5.41) is 3.34. The van der Waals surface area contributed by atoms with E-state index < -0.39 is 10.0 Å². The second kappa shape index (κ2) is 7.49.